The van der Waals surface area contributed by atoms with Crippen molar-refractivity contribution in [2.75, 3.05) is 37.0 Å². The highest BCUT2D eigenvalue weighted by Crippen LogP contribution is 2.21. The molecule has 2 rings (SSSR count). The van der Waals surface area contributed by atoms with E-state index in [0.29, 0.717) is 22.7 Å². The maximum atomic E-state index is 12.4. The van der Waals surface area contributed by atoms with E-state index in [1.165, 1.54) is 11.9 Å². The highest BCUT2D eigenvalue weighted by atomic mass is 32.2. The van der Waals surface area contributed by atoms with Crippen molar-refractivity contribution >= 4 is 33.2 Å². The molecule has 2 amide bonds. The molecule has 1 N–H and O–H groups in total. The van der Waals surface area contributed by atoms with Gasteiger partial charge in [0.05, 0.1) is 11.9 Å². The van der Waals surface area contributed by atoms with E-state index in [9.17, 15) is 18.0 Å². The smallest absolute Gasteiger partial charge is 0.265 e. The topological polar surface area (TPSA) is 96.0 Å². The Morgan fingerprint density at radius 1 is 0.966 bits per heavy atom. The minimum Gasteiger partial charge on any atom is -0.481 e. The predicted octanol–water partition coefficient (Wildman–Crippen LogP) is 2.19. The molecule has 0 spiro atoms. The molecule has 0 aromatic heterocycles. The second-order valence-corrected chi connectivity index (χ2v) is 8.76. The minimum atomic E-state index is -3.35. The summed E-state index contributed by atoms with van der Waals surface area (Å²) < 4.78 is 29.9. The zero-order valence-corrected chi connectivity index (χ0v) is 17.9. The molecule has 0 heterocycles. The quantitative estimate of drug-likeness (QED) is 0.742. The molecule has 29 heavy (non-hydrogen) atoms. The summed E-state index contributed by atoms with van der Waals surface area (Å²) in [5.41, 5.74) is 1.56. The normalized spacial score (nSPS) is 12.0. The Morgan fingerprint density at radius 2 is 1.52 bits per heavy atom. The lowest BCUT2D eigenvalue weighted by Crippen LogP contribution is -2.30. The third kappa shape index (κ3) is 5.95. The number of carbonyl (C=O) groups excluding carboxylic acids is 2. The fourth-order valence-electron chi connectivity index (χ4n) is 2.38. The Kier molecular flexibility index (Phi) is 6.86. The van der Waals surface area contributed by atoms with Crippen LogP contribution in [-0.2, 0) is 14.8 Å². The van der Waals surface area contributed by atoms with Crippen LogP contribution in [0.1, 0.15) is 17.3 Å². The van der Waals surface area contributed by atoms with Crippen LogP contribution in [0.25, 0.3) is 0 Å². The van der Waals surface area contributed by atoms with Gasteiger partial charge in [-0.15, -0.1) is 0 Å². The van der Waals surface area contributed by atoms with Gasteiger partial charge in [-0.25, -0.2) is 8.42 Å². The SMILES string of the molecule is C[C@@H](Oc1ccc(N(C)S(C)(=O)=O)cc1)C(=O)Nc1ccc(C(=O)N(C)C)cc1. The number of hydrogen-bond acceptors (Lipinski definition) is 5. The van der Waals surface area contributed by atoms with Gasteiger partial charge >= 0.3 is 0 Å². The number of rotatable bonds is 7. The highest BCUT2D eigenvalue weighted by molar-refractivity contribution is 7.92. The Labute approximate surface area is 171 Å². The molecule has 0 aliphatic heterocycles. The fourth-order valence-corrected chi connectivity index (χ4v) is 2.89. The lowest BCUT2D eigenvalue weighted by Gasteiger charge is -2.18. The van der Waals surface area contributed by atoms with E-state index >= 15 is 0 Å². The second kappa shape index (κ2) is 8.95. The van der Waals surface area contributed by atoms with Gasteiger partial charge in [0.25, 0.3) is 11.8 Å². The molecule has 0 aliphatic rings. The predicted molar refractivity (Wildman–Crippen MR) is 113 cm³/mol. The standard InChI is InChI=1S/C20H25N3O5S/c1-14(28-18-12-10-17(11-13-18)23(4)29(5,26)27)19(24)21-16-8-6-15(7-9-16)20(25)22(2)3/h6-14H,1-5H3,(H,21,24)/t14-/m1/s1. The zero-order chi connectivity index (χ0) is 21.8. The molecule has 0 aliphatic carbocycles. The summed E-state index contributed by atoms with van der Waals surface area (Å²) in [6.07, 6.45) is 0.337. The summed E-state index contributed by atoms with van der Waals surface area (Å²) in [5.74, 6) is -0.0382. The summed E-state index contributed by atoms with van der Waals surface area (Å²) in [4.78, 5) is 25.7. The average Bonchev–Trinajstić information content (AvgIpc) is 2.67. The van der Waals surface area contributed by atoms with E-state index < -0.39 is 16.1 Å². The number of anilines is 2. The summed E-state index contributed by atoms with van der Waals surface area (Å²) in [6.45, 7) is 1.61. The first kappa shape index (κ1) is 22.2. The van der Waals surface area contributed by atoms with E-state index in [-0.39, 0.29) is 11.8 Å². The first-order valence-electron chi connectivity index (χ1n) is 8.82. The minimum absolute atomic E-state index is 0.121. The van der Waals surface area contributed by atoms with Crippen molar-refractivity contribution in [3.63, 3.8) is 0 Å². The molecule has 1 atom stereocenters. The third-order valence-electron chi connectivity index (χ3n) is 4.19. The third-order valence-corrected chi connectivity index (χ3v) is 5.39. The molecule has 0 unspecified atom stereocenters. The zero-order valence-electron chi connectivity index (χ0n) is 17.0. The Balaban J connectivity index is 1.98. The molecular formula is C20H25N3O5S. The average molecular weight is 420 g/mol. The molecule has 8 nitrogen and oxygen atoms in total. The van der Waals surface area contributed by atoms with Gasteiger partial charge in [-0.1, -0.05) is 0 Å². The van der Waals surface area contributed by atoms with Crippen molar-refractivity contribution in [2.24, 2.45) is 0 Å². The van der Waals surface area contributed by atoms with Crippen LogP contribution in [0.4, 0.5) is 11.4 Å². The second-order valence-electron chi connectivity index (χ2n) is 6.75. The van der Waals surface area contributed by atoms with Crippen LogP contribution in [0.5, 0.6) is 5.75 Å². The number of nitrogens with zero attached hydrogens (tertiary/aromatic N) is 2. The van der Waals surface area contributed by atoms with Crippen LogP contribution in [0.3, 0.4) is 0 Å². The van der Waals surface area contributed by atoms with E-state index in [0.717, 1.165) is 10.6 Å². The van der Waals surface area contributed by atoms with Crippen molar-refractivity contribution in [2.45, 2.75) is 13.0 Å². The van der Waals surface area contributed by atoms with Crippen molar-refractivity contribution in [1.29, 1.82) is 0 Å². The van der Waals surface area contributed by atoms with Crippen molar-refractivity contribution in [1.82, 2.24) is 4.90 Å². The number of hydrogen-bond donors (Lipinski definition) is 1. The Morgan fingerprint density at radius 3 is 2.00 bits per heavy atom. The summed E-state index contributed by atoms with van der Waals surface area (Å²) in [7, 11) is 1.45. The van der Waals surface area contributed by atoms with Crippen LogP contribution >= 0.6 is 0 Å². The van der Waals surface area contributed by atoms with Crippen molar-refractivity contribution in [3.05, 3.63) is 54.1 Å². The molecule has 0 bridgehead atoms. The number of ether oxygens (including phenoxy) is 1. The van der Waals surface area contributed by atoms with Crippen molar-refractivity contribution < 1.29 is 22.7 Å². The van der Waals surface area contributed by atoms with Crippen LogP contribution in [0.2, 0.25) is 0 Å². The maximum Gasteiger partial charge on any atom is 0.265 e. The molecule has 0 saturated heterocycles. The van der Waals surface area contributed by atoms with Gasteiger partial charge in [0.15, 0.2) is 6.10 Å². The maximum absolute atomic E-state index is 12.4. The molecule has 0 fully saturated rings. The van der Waals surface area contributed by atoms with Crippen LogP contribution in [-0.4, -0.2) is 58.6 Å². The van der Waals surface area contributed by atoms with E-state index in [1.807, 2.05) is 0 Å². The first-order valence-corrected chi connectivity index (χ1v) is 10.7. The van der Waals surface area contributed by atoms with Gasteiger partial charge in [0, 0.05) is 32.4 Å². The number of nitrogens with one attached hydrogen (secondary N) is 1. The largest absolute Gasteiger partial charge is 0.481 e. The van der Waals surface area contributed by atoms with Crippen LogP contribution in [0.15, 0.2) is 48.5 Å². The van der Waals surface area contributed by atoms with Gasteiger partial charge in [-0.3, -0.25) is 13.9 Å². The lowest BCUT2D eigenvalue weighted by atomic mass is 10.2. The van der Waals surface area contributed by atoms with E-state index in [2.05, 4.69) is 5.32 Å². The molecular weight excluding hydrogens is 394 g/mol. The molecule has 2 aromatic rings. The van der Waals surface area contributed by atoms with Crippen LogP contribution in [0, 0.1) is 0 Å². The molecule has 0 saturated carbocycles. The fraction of sp³-hybridized carbons (Fsp3) is 0.300. The number of benzene rings is 2. The lowest BCUT2D eigenvalue weighted by molar-refractivity contribution is -0.122. The molecule has 9 heteroatoms. The van der Waals surface area contributed by atoms with Crippen LogP contribution < -0.4 is 14.4 Å². The van der Waals surface area contributed by atoms with Gasteiger partial charge in [-0.05, 0) is 55.5 Å². The first-order chi connectivity index (χ1) is 13.5. The number of amides is 2. The van der Waals surface area contributed by atoms with Crippen molar-refractivity contribution in [3.8, 4) is 5.75 Å². The Hall–Kier alpha value is -3.07. The summed E-state index contributed by atoms with van der Waals surface area (Å²) >= 11 is 0. The van der Waals surface area contributed by atoms with Gasteiger partial charge in [0.1, 0.15) is 5.75 Å². The molecule has 2 aromatic carbocycles. The van der Waals surface area contributed by atoms with E-state index in [1.54, 1.807) is 69.6 Å². The highest BCUT2D eigenvalue weighted by Gasteiger charge is 2.16. The molecule has 0 radical (unpaired) electrons. The number of sulfonamides is 1. The van der Waals surface area contributed by atoms with Gasteiger partial charge < -0.3 is 15.0 Å². The summed E-state index contributed by atoms with van der Waals surface area (Å²) in [5, 5.41) is 2.73. The number of carbonyl (C=O) groups is 2. The Bertz CT molecular complexity index is 970. The molecule has 156 valence electrons. The monoisotopic (exact) mass is 419 g/mol. The van der Waals surface area contributed by atoms with Gasteiger partial charge in [0.2, 0.25) is 10.0 Å². The van der Waals surface area contributed by atoms with Gasteiger partial charge in [-0.2, -0.15) is 0 Å². The van der Waals surface area contributed by atoms with E-state index in [4.69, 9.17) is 4.74 Å². The summed E-state index contributed by atoms with van der Waals surface area (Å²) in [6, 6.07) is 13.0.